The van der Waals surface area contributed by atoms with Crippen molar-refractivity contribution in [2.45, 2.75) is 24.3 Å². The molecule has 0 aromatic heterocycles. The largest absolute Gasteiger partial charge is 0.352 e. The molecule has 0 radical (unpaired) electrons. The van der Waals surface area contributed by atoms with Gasteiger partial charge in [0.15, 0.2) is 0 Å². The molecule has 1 aliphatic heterocycles. The van der Waals surface area contributed by atoms with Gasteiger partial charge in [-0.25, -0.2) is 13.6 Å². The summed E-state index contributed by atoms with van der Waals surface area (Å²) in [6.07, 6.45) is 4.59. The Bertz CT molecular complexity index is 1010. The van der Waals surface area contributed by atoms with Crippen molar-refractivity contribution >= 4 is 27.9 Å². The summed E-state index contributed by atoms with van der Waals surface area (Å²) in [5.74, 6) is -0.249. The summed E-state index contributed by atoms with van der Waals surface area (Å²) >= 11 is 0. The predicted octanol–water partition coefficient (Wildman–Crippen LogP) is 1.90. The second kappa shape index (κ2) is 9.69. The Kier molecular flexibility index (Phi) is 7.02. The van der Waals surface area contributed by atoms with Crippen molar-refractivity contribution in [2.24, 2.45) is 11.1 Å². The van der Waals surface area contributed by atoms with Crippen LogP contribution in [0.2, 0.25) is 0 Å². The lowest BCUT2D eigenvalue weighted by Crippen LogP contribution is -2.42. The molecule has 0 saturated carbocycles. The first-order valence-corrected chi connectivity index (χ1v) is 11.3. The van der Waals surface area contributed by atoms with Crippen LogP contribution in [-0.2, 0) is 26.2 Å². The minimum Gasteiger partial charge on any atom is -0.352 e. The Hall–Kier alpha value is -2.97. The topological polar surface area (TPSA) is 110 Å². The smallest absolute Gasteiger partial charge is 0.246 e. The number of piperidine rings is 1. The van der Waals surface area contributed by atoms with Crippen molar-refractivity contribution in [3.8, 4) is 0 Å². The lowest BCUT2D eigenvalue weighted by Gasteiger charge is -2.30. The maximum Gasteiger partial charge on any atom is 0.246 e. The summed E-state index contributed by atoms with van der Waals surface area (Å²) in [7, 11) is -3.72. The number of carbonyl (C=O) groups excluding carboxylic acids is 2. The van der Waals surface area contributed by atoms with Gasteiger partial charge >= 0.3 is 0 Å². The molecule has 30 heavy (non-hydrogen) atoms. The number of nitrogens with one attached hydrogen (secondary N) is 1. The van der Waals surface area contributed by atoms with E-state index in [1.54, 1.807) is 29.2 Å². The molecule has 2 aromatic carbocycles. The van der Waals surface area contributed by atoms with Crippen molar-refractivity contribution in [3.63, 3.8) is 0 Å². The Morgan fingerprint density at radius 2 is 1.67 bits per heavy atom. The fraction of sp³-hybridized carbons (Fsp3) is 0.273. The molecule has 1 saturated heterocycles. The van der Waals surface area contributed by atoms with E-state index >= 15 is 0 Å². The zero-order valence-electron chi connectivity index (χ0n) is 16.5. The van der Waals surface area contributed by atoms with Crippen LogP contribution in [0.4, 0.5) is 0 Å². The summed E-state index contributed by atoms with van der Waals surface area (Å²) in [5, 5.41) is 7.96. The Labute approximate surface area is 176 Å². The molecule has 8 heteroatoms. The molecular formula is C22H25N3O4S. The number of amides is 2. The summed E-state index contributed by atoms with van der Waals surface area (Å²) in [4.78, 5) is 26.6. The van der Waals surface area contributed by atoms with Crippen LogP contribution in [-0.4, -0.2) is 38.2 Å². The highest BCUT2D eigenvalue weighted by Gasteiger charge is 2.26. The SMILES string of the molecule is NS(=O)(=O)c1ccc(CNC(=O)C2CCN(C(=O)/C=C/c3ccccc3)CC2)cc1. The highest BCUT2D eigenvalue weighted by Crippen LogP contribution is 2.18. The number of benzene rings is 2. The van der Waals surface area contributed by atoms with Crippen molar-refractivity contribution in [3.05, 3.63) is 71.8 Å². The molecule has 0 spiro atoms. The Morgan fingerprint density at radius 1 is 1.03 bits per heavy atom. The second-order valence-electron chi connectivity index (χ2n) is 7.25. The second-order valence-corrected chi connectivity index (χ2v) is 8.81. The molecule has 7 nitrogen and oxygen atoms in total. The quantitative estimate of drug-likeness (QED) is 0.686. The van der Waals surface area contributed by atoms with E-state index in [9.17, 15) is 18.0 Å². The average Bonchev–Trinajstić information content (AvgIpc) is 2.76. The molecular weight excluding hydrogens is 402 g/mol. The lowest BCUT2D eigenvalue weighted by atomic mass is 9.95. The first kappa shape index (κ1) is 21.7. The zero-order valence-corrected chi connectivity index (χ0v) is 17.3. The minimum atomic E-state index is -3.72. The predicted molar refractivity (Wildman–Crippen MR) is 114 cm³/mol. The molecule has 1 heterocycles. The third kappa shape index (κ3) is 6.01. The van der Waals surface area contributed by atoms with Crippen molar-refractivity contribution in [1.82, 2.24) is 10.2 Å². The number of likely N-dealkylation sites (tertiary alicyclic amines) is 1. The molecule has 2 amide bonds. The highest BCUT2D eigenvalue weighted by atomic mass is 32.2. The van der Waals surface area contributed by atoms with Gasteiger partial charge in [0.2, 0.25) is 21.8 Å². The van der Waals surface area contributed by atoms with Gasteiger partial charge in [0, 0.05) is 31.6 Å². The molecule has 3 rings (SSSR count). The molecule has 0 bridgehead atoms. The molecule has 3 N–H and O–H groups in total. The van der Waals surface area contributed by atoms with Gasteiger partial charge in [-0.3, -0.25) is 9.59 Å². The van der Waals surface area contributed by atoms with E-state index in [1.165, 1.54) is 12.1 Å². The molecule has 1 fully saturated rings. The van der Waals surface area contributed by atoms with Crippen LogP contribution in [0.15, 0.2) is 65.6 Å². The number of hydrogen-bond donors (Lipinski definition) is 2. The van der Waals surface area contributed by atoms with E-state index in [-0.39, 0.29) is 22.6 Å². The number of rotatable bonds is 6. The van der Waals surface area contributed by atoms with E-state index < -0.39 is 10.0 Å². The van der Waals surface area contributed by atoms with Gasteiger partial charge < -0.3 is 10.2 Å². The summed E-state index contributed by atoms with van der Waals surface area (Å²) in [5.41, 5.74) is 1.76. The average molecular weight is 428 g/mol. The van der Waals surface area contributed by atoms with E-state index in [1.807, 2.05) is 30.3 Å². The molecule has 158 valence electrons. The fourth-order valence-electron chi connectivity index (χ4n) is 3.33. The number of carbonyl (C=O) groups is 2. The van der Waals surface area contributed by atoms with Gasteiger partial charge in [-0.1, -0.05) is 42.5 Å². The van der Waals surface area contributed by atoms with Crippen LogP contribution in [0.25, 0.3) is 6.08 Å². The highest BCUT2D eigenvalue weighted by molar-refractivity contribution is 7.89. The molecule has 2 aromatic rings. The van der Waals surface area contributed by atoms with Crippen molar-refractivity contribution < 1.29 is 18.0 Å². The number of primary sulfonamides is 1. The van der Waals surface area contributed by atoms with Gasteiger partial charge in [0.1, 0.15) is 0 Å². The van der Waals surface area contributed by atoms with Crippen LogP contribution < -0.4 is 10.5 Å². The minimum absolute atomic E-state index is 0.0379. The van der Waals surface area contributed by atoms with Gasteiger partial charge in [0.25, 0.3) is 0 Å². The van der Waals surface area contributed by atoms with Crippen LogP contribution in [0.3, 0.4) is 0 Å². The third-order valence-corrected chi connectivity index (χ3v) is 6.04. The Morgan fingerprint density at radius 3 is 2.27 bits per heavy atom. The van der Waals surface area contributed by atoms with Gasteiger partial charge in [-0.05, 0) is 42.2 Å². The van der Waals surface area contributed by atoms with E-state index in [4.69, 9.17) is 5.14 Å². The number of hydrogen-bond acceptors (Lipinski definition) is 4. The Balaban J connectivity index is 1.45. The molecule has 0 aliphatic carbocycles. The maximum atomic E-state index is 12.4. The molecule has 0 unspecified atom stereocenters. The summed E-state index contributed by atoms with van der Waals surface area (Å²) in [6.45, 7) is 1.39. The van der Waals surface area contributed by atoms with E-state index in [2.05, 4.69) is 5.32 Å². The number of nitrogens with two attached hydrogens (primary N) is 1. The third-order valence-electron chi connectivity index (χ3n) is 5.11. The van der Waals surface area contributed by atoms with Crippen molar-refractivity contribution in [1.29, 1.82) is 0 Å². The molecule has 1 aliphatic rings. The van der Waals surface area contributed by atoms with Crippen LogP contribution >= 0.6 is 0 Å². The van der Waals surface area contributed by atoms with Crippen LogP contribution in [0.1, 0.15) is 24.0 Å². The zero-order chi connectivity index (χ0) is 21.6. The van der Waals surface area contributed by atoms with Gasteiger partial charge in [0.05, 0.1) is 4.90 Å². The monoisotopic (exact) mass is 427 g/mol. The number of sulfonamides is 1. The fourth-order valence-corrected chi connectivity index (χ4v) is 3.85. The summed E-state index contributed by atoms with van der Waals surface area (Å²) < 4.78 is 22.6. The lowest BCUT2D eigenvalue weighted by molar-refractivity contribution is -0.132. The van der Waals surface area contributed by atoms with E-state index in [0.29, 0.717) is 32.5 Å². The van der Waals surface area contributed by atoms with Gasteiger partial charge in [-0.2, -0.15) is 0 Å². The summed E-state index contributed by atoms with van der Waals surface area (Å²) in [6, 6.07) is 15.7. The maximum absolute atomic E-state index is 12.4. The van der Waals surface area contributed by atoms with Crippen molar-refractivity contribution in [2.75, 3.05) is 13.1 Å². The van der Waals surface area contributed by atoms with Crippen LogP contribution in [0.5, 0.6) is 0 Å². The standard InChI is InChI=1S/C22H25N3O4S/c23-30(28,29)20-9-6-18(7-10-20)16-24-22(27)19-12-14-25(15-13-19)21(26)11-8-17-4-2-1-3-5-17/h1-11,19H,12-16H2,(H,24,27)(H2,23,28,29)/b11-8+. The van der Waals surface area contributed by atoms with E-state index in [0.717, 1.165) is 11.1 Å². The first-order chi connectivity index (χ1) is 14.3. The molecule has 0 atom stereocenters. The normalized spacial score (nSPS) is 15.3. The van der Waals surface area contributed by atoms with Gasteiger partial charge in [-0.15, -0.1) is 0 Å². The number of nitrogens with zero attached hydrogens (tertiary/aromatic N) is 1. The van der Waals surface area contributed by atoms with Crippen LogP contribution in [0, 0.1) is 5.92 Å². The first-order valence-electron chi connectivity index (χ1n) is 9.74.